The van der Waals surface area contributed by atoms with Gasteiger partial charge >= 0.3 is 0 Å². The highest BCUT2D eigenvalue weighted by Crippen LogP contribution is 2.44. The van der Waals surface area contributed by atoms with Crippen LogP contribution in [0.2, 0.25) is 0 Å². The van der Waals surface area contributed by atoms with Crippen molar-refractivity contribution in [3.63, 3.8) is 0 Å². The molecule has 0 unspecified atom stereocenters. The minimum absolute atomic E-state index is 0.0168. The van der Waals surface area contributed by atoms with Crippen molar-refractivity contribution in [2.24, 2.45) is 0 Å². The van der Waals surface area contributed by atoms with Crippen molar-refractivity contribution in [1.29, 1.82) is 0 Å². The van der Waals surface area contributed by atoms with Gasteiger partial charge in [-0.05, 0) is 67.8 Å². The van der Waals surface area contributed by atoms with E-state index in [1.54, 1.807) is 0 Å². The number of fused-ring (bicyclic) bond motifs is 9. The van der Waals surface area contributed by atoms with E-state index in [1.807, 2.05) is 20.8 Å². The van der Waals surface area contributed by atoms with Crippen molar-refractivity contribution in [1.82, 2.24) is 19.9 Å². The Hall–Kier alpha value is -7.05. The number of aromatic amines is 3. The summed E-state index contributed by atoms with van der Waals surface area (Å²) in [6, 6.07) is 7.07. The van der Waals surface area contributed by atoms with Gasteiger partial charge in [-0.3, -0.25) is 0 Å². The van der Waals surface area contributed by atoms with Crippen LogP contribution < -0.4 is 16.0 Å². The monoisotopic (exact) mass is 1120 g/mol. The number of hydrogen-bond donors (Lipinski definition) is 6. The molecule has 4 aromatic heterocycles. The van der Waals surface area contributed by atoms with Gasteiger partial charge in [0.25, 0.3) is 0 Å². The number of H-pyrrole nitrogens is 3. The van der Waals surface area contributed by atoms with Gasteiger partial charge in [-0.25, -0.2) is 57.7 Å². The Balaban J connectivity index is 1.37. The molecule has 19 heteroatoms. The van der Waals surface area contributed by atoms with Crippen LogP contribution in [0, 0.1) is 69.8 Å². The second-order valence-corrected chi connectivity index (χ2v) is 20.3. The summed E-state index contributed by atoms with van der Waals surface area (Å²) in [6.45, 7) is 6.04. The number of rotatable bonds is 27. The molecule has 0 aliphatic carbocycles. The first-order chi connectivity index (χ1) is 38.6. The van der Waals surface area contributed by atoms with Crippen molar-refractivity contribution < 1.29 is 52.7 Å². The van der Waals surface area contributed by atoms with E-state index in [4.69, 9.17) is 0 Å². The number of benzene rings is 3. The zero-order valence-corrected chi connectivity index (χ0v) is 45.0. The summed E-state index contributed by atoms with van der Waals surface area (Å²) in [4.78, 5) is 13.0. The molecule has 8 rings (SSSR count). The summed E-state index contributed by atoms with van der Waals surface area (Å²) in [5, 5.41) is 7.41. The lowest BCUT2D eigenvalue weighted by Gasteiger charge is -2.15. The van der Waals surface area contributed by atoms with Gasteiger partial charge in [0.1, 0.15) is 17.1 Å². The molecule has 0 fully saturated rings. The van der Waals surface area contributed by atoms with E-state index in [-0.39, 0.29) is 53.1 Å². The highest BCUT2D eigenvalue weighted by molar-refractivity contribution is 6.01. The van der Waals surface area contributed by atoms with Gasteiger partial charge in [-0.1, -0.05) is 117 Å². The van der Waals surface area contributed by atoms with Crippen LogP contribution in [0.4, 0.5) is 69.7 Å². The summed E-state index contributed by atoms with van der Waals surface area (Å²) in [5.41, 5.74) is -11.1. The van der Waals surface area contributed by atoms with Crippen molar-refractivity contribution in [3.8, 4) is 33.4 Å². The Morgan fingerprint density at radius 2 is 0.537 bits per heavy atom. The Bertz CT molecular complexity index is 3420. The quantitative estimate of drug-likeness (QED) is 0.0176. The molecule has 0 radical (unpaired) electrons. The van der Waals surface area contributed by atoms with Gasteiger partial charge in [0.2, 0.25) is 0 Å². The molecule has 3 aromatic carbocycles. The topological polar surface area (TPSA) is 96.3 Å². The molecule has 0 spiro atoms. The Labute approximate surface area is 456 Å². The number of halogens is 12. The molecule has 8 bridgehead atoms. The molecule has 0 saturated carbocycles. The van der Waals surface area contributed by atoms with E-state index in [2.05, 4.69) is 35.9 Å². The summed E-state index contributed by atoms with van der Waals surface area (Å²) in [6.07, 6.45) is 17.1. The minimum Gasteiger partial charge on any atom is -0.380 e. The normalized spacial score (nSPS) is 11.9. The van der Waals surface area contributed by atoms with Crippen LogP contribution in [0.15, 0.2) is 36.4 Å². The lowest BCUT2D eigenvalue weighted by molar-refractivity contribution is 0.462. The van der Waals surface area contributed by atoms with Crippen LogP contribution in [0.25, 0.3) is 78.6 Å². The third-order valence-corrected chi connectivity index (χ3v) is 14.6. The van der Waals surface area contributed by atoms with Gasteiger partial charge in [0.05, 0.1) is 33.6 Å². The molecule has 80 heavy (non-hydrogen) atoms. The molecule has 1 aliphatic rings. The van der Waals surface area contributed by atoms with Crippen LogP contribution in [0.1, 0.15) is 148 Å². The molecular formula is C61H65F12N7. The number of nitrogens with one attached hydrogen (secondary N) is 6. The molecule has 428 valence electrons. The maximum absolute atomic E-state index is 16.9. The average molecular weight is 1120 g/mol. The lowest BCUT2D eigenvalue weighted by atomic mass is 10.0. The van der Waals surface area contributed by atoms with Crippen LogP contribution in [-0.2, 0) is 0 Å². The summed E-state index contributed by atoms with van der Waals surface area (Å²) < 4.78 is 198. The molecule has 7 aromatic rings. The van der Waals surface area contributed by atoms with Crippen LogP contribution >= 0.6 is 0 Å². The van der Waals surface area contributed by atoms with Crippen molar-refractivity contribution in [2.75, 3.05) is 35.6 Å². The molecule has 6 N–H and O–H groups in total. The first-order valence-corrected chi connectivity index (χ1v) is 27.8. The smallest absolute Gasteiger partial charge is 0.185 e. The second kappa shape index (κ2) is 26.9. The maximum Gasteiger partial charge on any atom is 0.185 e. The summed E-state index contributed by atoms with van der Waals surface area (Å²) in [5.74, 6) is -22.0. The molecule has 0 amide bonds. The fraction of sp³-hybridized carbons (Fsp3) is 0.393. The van der Waals surface area contributed by atoms with E-state index >= 15 is 52.7 Å². The predicted octanol–water partition coefficient (Wildman–Crippen LogP) is 19.7. The third-order valence-electron chi connectivity index (χ3n) is 14.6. The zero-order chi connectivity index (χ0) is 57.2. The van der Waals surface area contributed by atoms with Gasteiger partial charge in [-0.2, -0.15) is 0 Å². The number of nitrogens with zero attached hydrogens (tertiary/aromatic N) is 1. The highest BCUT2D eigenvalue weighted by atomic mass is 19.2. The maximum atomic E-state index is 16.9. The number of anilines is 3. The molecule has 1 aliphatic heterocycles. The lowest BCUT2D eigenvalue weighted by Crippen LogP contribution is -2.11. The summed E-state index contributed by atoms with van der Waals surface area (Å²) in [7, 11) is 0. The largest absolute Gasteiger partial charge is 0.380 e. The molecule has 7 nitrogen and oxygen atoms in total. The van der Waals surface area contributed by atoms with Crippen LogP contribution in [-0.4, -0.2) is 39.6 Å². The van der Waals surface area contributed by atoms with Crippen molar-refractivity contribution >= 4 is 62.3 Å². The van der Waals surface area contributed by atoms with Crippen LogP contribution in [0.3, 0.4) is 0 Å². The SMILES string of the molecule is CCCCCCCCNc1c(F)c(F)c(-c2c3nc(c4ccc([nH]4)c(-c4c(F)c(F)c(NCCCCCCCC)c(F)c4F)c4ccc([nH]4)c(-c4c(F)c(F)c(NCCCCCCCC)c(F)c4F)c4ccc2[nH]4)C=C3)c(F)c1F. The first kappa shape index (κ1) is 59.1. The number of unbranched alkanes of at least 4 members (excludes halogenated alkanes) is 15. The van der Waals surface area contributed by atoms with Crippen molar-refractivity contribution in [3.05, 3.63) is 118 Å². The molecule has 0 atom stereocenters. The number of aromatic nitrogens is 4. The predicted molar refractivity (Wildman–Crippen MR) is 297 cm³/mol. The van der Waals surface area contributed by atoms with Gasteiger partial charge < -0.3 is 30.9 Å². The van der Waals surface area contributed by atoms with E-state index in [9.17, 15) is 0 Å². The van der Waals surface area contributed by atoms with E-state index in [0.717, 1.165) is 101 Å². The fourth-order valence-electron chi connectivity index (χ4n) is 10.3. The zero-order valence-electron chi connectivity index (χ0n) is 45.0. The molecule has 0 saturated heterocycles. The first-order valence-electron chi connectivity index (χ1n) is 27.8. The Kier molecular flexibility index (Phi) is 19.9. The molecular weight excluding hydrogens is 1060 g/mol. The number of hydrogen-bond acceptors (Lipinski definition) is 4. The highest BCUT2D eigenvalue weighted by Gasteiger charge is 2.33. The Morgan fingerprint density at radius 1 is 0.287 bits per heavy atom. The molecule has 5 heterocycles. The fourth-order valence-corrected chi connectivity index (χ4v) is 10.3. The Morgan fingerprint density at radius 3 is 0.863 bits per heavy atom. The third kappa shape index (κ3) is 12.3. The van der Waals surface area contributed by atoms with Gasteiger partial charge in [-0.15, -0.1) is 0 Å². The average Bonchev–Trinajstić information content (AvgIpc) is 4.35. The van der Waals surface area contributed by atoms with E-state index < -0.39 is 131 Å². The van der Waals surface area contributed by atoms with Gasteiger partial charge in [0.15, 0.2) is 69.8 Å². The van der Waals surface area contributed by atoms with Crippen molar-refractivity contribution in [2.45, 2.75) is 136 Å². The minimum atomic E-state index is -1.92. The van der Waals surface area contributed by atoms with Crippen LogP contribution in [0.5, 0.6) is 0 Å². The van der Waals surface area contributed by atoms with Gasteiger partial charge in [0, 0.05) is 63.9 Å². The summed E-state index contributed by atoms with van der Waals surface area (Å²) >= 11 is 0. The standard InChI is InChI=1S/C61H65F12N7/c1-4-7-10-13-16-19-30-74-59-53(68)47(62)44(48(63)54(59)69)41-35-24-22-33(77-35)34-23-25-36(78-34)42(45-49(64)55(70)60(56(71)50(45)65)75-31-20-17-14-11-8-5-2)38-27-29-40(80-38)43(39-28-26-37(41)79-39)46-51(66)57(72)61(58(73)52(46)67)76-32-21-18-15-12-9-6-3/h22-29,74-77,79-80H,4-21,30-32H2,1-3H3. The van der Waals surface area contributed by atoms with E-state index in [1.165, 1.54) is 24.3 Å². The van der Waals surface area contributed by atoms with E-state index in [0.29, 0.717) is 38.5 Å². The second-order valence-electron chi connectivity index (χ2n) is 20.3.